The van der Waals surface area contributed by atoms with Gasteiger partial charge in [0.1, 0.15) is 0 Å². The molecule has 1 aromatic carbocycles. The predicted molar refractivity (Wildman–Crippen MR) is 81.8 cm³/mol. The van der Waals surface area contributed by atoms with Crippen LogP contribution in [-0.4, -0.2) is 30.3 Å². The van der Waals surface area contributed by atoms with Gasteiger partial charge in [0.2, 0.25) is 5.91 Å². The average Bonchev–Trinajstić information content (AvgIpc) is 3.05. The van der Waals surface area contributed by atoms with Gasteiger partial charge in [-0.15, -0.1) is 0 Å². The van der Waals surface area contributed by atoms with E-state index in [1.807, 2.05) is 37.3 Å². The predicted octanol–water partition coefficient (Wildman–Crippen LogP) is 2.43. The lowest BCUT2D eigenvalue weighted by Gasteiger charge is -2.18. The molecule has 1 aliphatic rings. The first-order valence-electron chi connectivity index (χ1n) is 7.79. The van der Waals surface area contributed by atoms with Gasteiger partial charge in [0.05, 0.1) is 18.8 Å². The van der Waals surface area contributed by atoms with E-state index < -0.39 is 6.10 Å². The van der Waals surface area contributed by atoms with Crippen LogP contribution in [0.4, 0.5) is 0 Å². The van der Waals surface area contributed by atoms with E-state index in [0.29, 0.717) is 0 Å². The summed E-state index contributed by atoms with van der Waals surface area (Å²) in [4.78, 5) is 11.8. The van der Waals surface area contributed by atoms with Crippen molar-refractivity contribution in [3.05, 3.63) is 35.9 Å². The second kappa shape index (κ2) is 8.15. The van der Waals surface area contributed by atoms with Crippen LogP contribution in [0.3, 0.4) is 0 Å². The van der Waals surface area contributed by atoms with Crippen LogP contribution in [0.5, 0.6) is 0 Å². The number of carbonyl (C=O) groups excluding carboxylic acids is 1. The standard InChI is InChI=1S/C17H25NO3/c1-13(14-7-3-2-4-8-14)21-12-16(19)11-18-17(20)15-9-5-6-10-15/h2-4,7-8,13,15-16,19H,5-6,9-12H2,1H3,(H,18,20)/t13-,16+/m0/s1. The Morgan fingerprint density at radius 3 is 2.67 bits per heavy atom. The largest absolute Gasteiger partial charge is 0.389 e. The maximum absolute atomic E-state index is 11.8. The number of hydrogen-bond acceptors (Lipinski definition) is 3. The molecule has 0 aromatic heterocycles. The lowest BCUT2D eigenvalue weighted by molar-refractivity contribution is -0.125. The molecule has 0 unspecified atom stereocenters. The van der Waals surface area contributed by atoms with Gasteiger partial charge in [-0.05, 0) is 25.3 Å². The third-order valence-electron chi connectivity index (χ3n) is 4.05. The van der Waals surface area contributed by atoms with Crippen LogP contribution in [0.25, 0.3) is 0 Å². The molecule has 1 aliphatic carbocycles. The molecular weight excluding hydrogens is 266 g/mol. The molecule has 2 atom stereocenters. The normalized spacial score (nSPS) is 18.4. The van der Waals surface area contributed by atoms with E-state index in [2.05, 4.69) is 5.32 Å². The van der Waals surface area contributed by atoms with Crippen LogP contribution in [0.1, 0.15) is 44.3 Å². The summed E-state index contributed by atoms with van der Waals surface area (Å²) in [6.07, 6.45) is 3.50. The molecule has 0 heterocycles. The van der Waals surface area contributed by atoms with E-state index in [0.717, 1.165) is 31.2 Å². The second-order valence-corrected chi connectivity index (χ2v) is 5.77. The monoisotopic (exact) mass is 291 g/mol. The topological polar surface area (TPSA) is 58.6 Å². The zero-order valence-electron chi connectivity index (χ0n) is 12.6. The Bertz CT molecular complexity index is 429. The Morgan fingerprint density at radius 2 is 2.00 bits per heavy atom. The van der Waals surface area contributed by atoms with Crippen molar-refractivity contribution in [2.45, 2.75) is 44.8 Å². The smallest absolute Gasteiger partial charge is 0.223 e. The first-order chi connectivity index (χ1) is 10.2. The fourth-order valence-corrected chi connectivity index (χ4v) is 2.69. The Hall–Kier alpha value is -1.39. The zero-order chi connectivity index (χ0) is 15.1. The summed E-state index contributed by atoms with van der Waals surface area (Å²) in [5.41, 5.74) is 1.08. The molecule has 4 nitrogen and oxygen atoms in total. The lowest BCUT2D eigenvalue weighted by atomic mass is 10.1. The quantitative estimate of drug-likeness (QED) is 0.811. The molecule has 0 radical (unpaired) electrons. The maximum Gasteiger partial charge on any atom is 0.223 e. The highest BCUT2D eigenvalue weighted by Gasteiger charge is 2.22. The zero-order valence-corrected chi connectivity index (χ0v) is 12.6. The third kappa shape index (κ3) is 5.14. The SMILES string of the molecule is C[C@H](OC[C@H](O)CNC(=O)C1CCCC1)c1ccccc1. The van der Waals surface area contributed by atoms with Gasteiger partial charge in [-0.25, -0.2) is 0 Å². The molecule has 2 rings (SSSR count). The molecule has 1 aromatic rings. The number of amides is 1. The molecule has 21 heavy (non-hydrogen) atoms. The van der Waals surface area contributed by atoms with Gasteiger partial charge in [0, 0.05) is 12.5 Å². The average molecular weight is 291 g/mol. The minimum Gasteiger partial charge on any atom is -0.389 e. The van der Waals surface area contributed by atoms with Crippen molar-refractivity contribution in [3.8, 4) is 0 Å². The number of carbonyl (C=O) groups is 1. The number of aliphatic hydroxyl groups is 1. The van der Waals surface area contributed by atoms with Crippen molar-refractivity contribution in [1.29, 1.82) is 0 Å². The van der Waals surface area contributed by atoms with E-state index in [1.165, 1.54) is 0 Å². The summed E-state index contributed by atoms with van der Waals surface area (Å²) in [6.45, 7) is 2.44. The molecule has 1 amide bonds. The van der Waals surface area contributed by atoms with Crippen molar-refractivity contribution in [1.82, 2.24) is 5.32 Å². The van der Waals surface area contributed by atoms with Gasteiger partial charge < -0.3 is 15.2 Å². The number of aliphatic hydroxyl groups excluding tert-OH is 1. The van der Waals surface area contributed by atoms with Crippen LogP contribution in [0.2, 0.25) is 0 Å². The highest BCUT2D eigenvalue weighted by molar-refractivity contribution is 5.78. The lowest BCUT2D eigenvalue weighted by Crippen LogP contribution is -2.37. The second-order valence-electron chi connectivity index (χ2n) is 5.77. The Labute approximate surface area is 126 Å². The minimum absolute atomic E-state index is 0.0635. The summed E-state index contributed by atoms with van der Waals surface area (Å²) in [5.74, 6) is 0.212. The Kier molecular flexibility index (Phi) is 6.21. The van der Waals surface area contributed by atoms with Gasteiger partial charge in [-0.1, -0.05) is 43.2 Å². The van der Waals surface area contributed by atoms with Gasteiger partial charge in [0.25, 0.3) is 0 Å². The Balaban J connectivity index is 1.65. The summed E-state index contributed by atoms with van der Waals surface area (Å²) in [7, 11) is 0. The van der Waals surface area contributed by atoms with Crippen molar-refractivity contribution >= 4 is 5.91 Å². The molecule has 0 bridgehead atoms. The van der Waals surface area contributed by atoms with Crippen LogP contribution in [0, 0.1) is 5.92 Å². The van der Waals surface area contributed by atoms with E-state index in [1.54, 1.807) is 0 Å². The van der Waals surface area contributed by atoms with Crippen LogP contribution in [-0.2, 0) is 9.53 Å². The number of rotatable bonds is 7. The van der Waals surface area contributed by atoms with Crippen molar-refractivity contribution in [2.24, 2.45) is 5.92 Å². The number of nitrogens with one attached hydrogen (secondary N) is 1. The summed E-state index contributed by atoms with van der Waals surface area (Å²) in [6, 6.07) is 9.89. The molecule has 4 heteroatoms. The highest BCUT2D eigenvalue weighted by Crippen LogP contribution is 2.24. The van der Waals surface area contributed by atoms with Crippen LogP contribution >= 0.6 is 0 Å². The molecule has 116 valence electrons. The van der Waals surface area contributed by atoms with Gasteiger partial charge in [0.15, 0.2) is 0 Å². The van der Waals surface area contributed by atoms with E-state index in [4.69, 9.17) is 4.74 Å². The van der Waals surface area contributed by atoms with Crippen LogP contribution < -0.4 is 5.32 Å². The number of hydrogen-bond donors (Lipinski definition) is 2. The minimum atomic E-state index is -0.665. The number of ether oxygens (including phenoxy) is 1. The molecule has 0 spiro atoms. The Morgan fingerprint density at radius 1 is 1.33 bits per heavy atom. The van der Waals surface area contributed by atoms with Gasteiger partial charge in [-0.3, -0.25) is 4.79 Å². The first-order valence-corrected chi connectivity index (χ1v) is 7.79. The molecule has 1 saturated carbocycles. The number of benzene rings is 1. The van der Waals surface area contributed by atoms with E-state index in [9.17, 15) is 9.90 Å². The fraction of sp³-hybridized carbons (Fsp3) is 0.588. The summed E-state index contributed by atoms with van der Waals surface area (Å²) in [5, 5.41) is 12.7. The van der Waals surface area contributed by atoms with E-state index in [-0.39, 0.29) is 31.1 Å². The third-order valence-corrected chi connectivity index (χ3v) is 4.05. The summed E-state index contributed by atoms with van der Waals surface area (Å²) >= 11 is 0. The first kappa shape index (κ1) is 16.0. The fourth-order valence-electron chi connectivity index (χ4n) is 2.69. The maximum atomic E-state index is 11.8. The summed E-state index contributed by atoms with van der Waals surface area (Å²) < 4.78 is 5.65. The van der Waals surface area contributed by atoms with Gasteiger partial charge >= 0.3 is 0 Å². The molecule has 2 N–H and O–H groups in total. The molecule has 1 fully saturated rings. The molecule has 0 saturated heterocycles. The van der Waals surface area contributed by atoms with Crippen LogP contribution in [0.15, 0.2) is 30.3 Å². The molecule has 0 aliphatic heterocycles. The van der Waals surface area contributed by atoms with Gasteiger partial charge in [-0.2, -0.15) is 0 Å². The molecular formula is C17H25NO3. The highest BCUT2D eigenvalue weighted by atomic mass is 16.5. The van der Waals surface area contributed by atoms with E-state index >= 15 is 0 Å². The van der Waals surface area contributed by atoms with Crippen molar-refractivity contribution in [2.75, 3.05) is 13.2 Å². The van der Waals surface area contributed by atoms with Crippen molar-refractivity contribution < 1.29 is 14.6 Å². The van der Waals surface area contributed by atoms with Crippen molar-refractivity contribution in [3.63, 3.8) is 0 Å².